The van der Waals surface area contributed by atoms with Crippen molar-refractivity contribution in [2.75, 3.05) is 31.6 Å². The molecule has 1 aromatic rings. The molecule has 1 aliphatic rings. The van der Waals surface area contributed by atoms with Gasteiger partial charge >= 0.3 is 0 Å². The molecule has 1 heterocycles. The number of guanidine groups is 1. The van der Waals surface area contributed by atoms with Crippen molar-refractivity contribution >= 4 is 28.5 Å². The van der Waals surface area contributed by atoms with Gasteiger partial charge in [-0.2, -0.15) is 11.8 Å². The van der Waals surface area contributed by atoms with Gasteiger partial charge in [0.15, 0.2) is 5.96 Å². The summed E-state index contributed by atoms with van der Waals surface area (Å²) >= 11 is 2.03. The third-order valence-corrected chi connectivity index (χ3v) is 6.65. The maximum atomic E-state index is 12.1. The normalized spacial score (nSPS) is 23.3. The summed E-state index contributed by atoms with van der Waals surface area (Å²) in [4.78, 5) is 5.11. The Labute approximate surface area is 140 Å². The first-order valence-corrected chi connectivity index (χ1v) is 9.95. The second kappa shape index (κ2) is 8.58. The minimum absolute atomic E-state index is 0.310. The summed E-state index contributed by atoms with van der Waals surface area (Å²) in [6.45, 7) is 3.86. The first-order valence-electron chi connectivity index (χ1n) is 7.65. The maximum Gasteiger partial charge on any atom is 0.191 e. The van der Waals surface area contributed by atoms with Crippen LogP contribution in [0.4, 0.5) is 0 Å². The van der Waals surface area contributed by atoms with Crippen LogP contribution < -0.4 is 10.6 Å². The van der Waals surface area contributed by atoms with E-state index in [1.165, 1.54) is 18.6 Å². The molecule has 1 saturated heterocycles. The van der Waals surface area contributed by atoms with Crippen molar-refractivity contribution in [2.45, 2.75) is 29.4 Å². The SMILES string of the molecule is CN=C(NCCS(=O)c1ccccc1)NCC1(C)CCCS1. The van der Waals surface area contributed by atoms with Crippen molar-refractivity contribution < 1.29 is 4.21 Å². The lowest BCUT2D eigenvalue weighted by atomic mass is 10.1. The zero-order valence-corrected chi connectivity index (χ0v) is 14.9. The van der Waals surface area contributed by atoms with E-state index in [1.807, 2.05) is 42.1 Å². The number of aliphatic imine (C=N–C) groups is 1. The van der Waals surface area contributed by atoms with Gasteiger partial charge in [-0.05, 0) is 37.7 Å². The van der Waals surface area contributed by atoms with Crippen molar-refractivity contribution in [1.29, 1.82) is 0 Å². The lowest BCUT2D eigenvalue weighted by Crippen LogP contribution is -2.44. The molecule has 0 amide bonds. The monoisotopic (exact) mass is 339 g/mol. The van der Waals surface area contributed by atoms with E-state index in [0.717, 1.165) is 17.4 Å². The Bertz CT molecular complexity index is 513. The first-order chi connectivity index (χ1) is 10.6. The van der Waals surface area contributed by atoms with Gasteiger partial charge in [0.25, 0.3) is 0 Å². The average Bonchev–Trinajstić information content (AvgIpc) is 2.98. The molecule has 1 aromatic carbocycles. The predicted molar refractivity (Wildman–Crippen MR) is 97.2 cm³/mol. The Morgan fingerprint density at radius 2 is 2.14 bits per heavy atom. The summed E-state index contributed by atoms with van der Waals surface area (Å²) in [5.41, 5.74) is 0. The van der Waals surface area contributed by atoms with E-state index in [-0.39, 0.29) is 0 Å². The van der Waals surface area contributed by atoms with E-state index in [1.54, 1.807) is 7.05 Å². The Morgan fingerprint density at radius 1 is 1.36 bits per heavy atom. The van der Waals surface area contributed by atoms with Gasteiger partial charge in [-0.1, -0.05) is 18.2 Å². The van der Waals surface area contributed by atoms with Crippen LogP contribution >= 0.6 is 11.8 Å². The lowest BCUT2D eigenvalue weighted by Gasteiger charge is -2.24. The van der Waals surface area contributed by atoms with Crippen molar-refractivity contribution in [3.05, 3.63) is 30.3 Å². The Hall–Kier alpha value is -1.01. The van der Waals surface area contributed by atoms with Gasteiger partial charge in [0, 0.05) is 35.5 Å². The highest BCUT2D eigenvalue weighted by Gasteiger charge is 2.29. The van der Waals surface area contributed by atoms with Gasteiger partial charge in [-0.15, -0.1) is 0 Å². The third-order valence-electron chi connectivity index (χ3n) is 3.74. The largest absolute Gasteiger partial charge is 0.355 e. The van der Waals surface area contributed by atoms with Gasteiger partial charge in [0.1, 0.15) is 0 Å². The van der Waals surface area contributed by atoms with Crippen LogP contribution in [-0.2, 0) is 10.8 Å². The predicted octanol–water partition coefficient (Wildman–Crippen LogP) is 2.24. The van der Waals surface area contributed by atoms with E-state index < -0.39 is 10.8 Å². The number of rotatable bonds is 6. The number of hydrogen-bond donors (Lipinski definition) is 2. The second-order valence-corrected chi connectivity index (χ2v) is 8.87. The average molecular weight is 340 g/mol. The maximum absolute atomic E-state index is 12.1. The molecular formula is C16H25N3OS2. The fourth-order valence-corrected chi connectivity index (χ4v) is 4.65. The summed E-state index contributed by atoms with van der Waals surface area (Å²) in [5.74, 6) is 2.62. The van der Waals surface area contributed by atoms with Gasteiger partial charge < -0.3 is 10.6 Å². The zero-order valence-electron chi connectivity index (χ0n) is 13.3. The van der Waals surface area contributed by atoms with Gasteiger partial charge in [0.05, 0.1) is 10.8 Å². The van der Waals surface area contributed by atoms with Crippen LogP contribution in [0.3, 0.4) is 0 Å². The van der Waals surface area contributed by atoms with E-state index in [4.69, 9.17) is 0 Å². The van der Waals surface area contributed by atoms with Crippen molar-refractivity contribution in [1.82, 2.24) is 10.6 Å². The quantitative estimate of drug-likeness (QED) is 0.616. The summed E-state index contributed by atoms with van der Waals surface area (Å²) in [6.07, 6.45) is 2.55. The van der Waals surface area contributed by atoms with Crippen LogP contribution in [0.15, 0.2) is 40.2 Å². The highest BCUT2D eigenvalue weighted by Crippen LogP contribution is 2.36. The molecule has 0 aromatic heterocycles. The summed E-state index contributed by atoms with van der Waals surface area (Å²) in [7, 11) is 0.806. The molecule has 22 heavy (non-hydrogen) atoms. The topological polar surface area (TPSA) is 53.5 Å². The standard InChI is InChI=1S/C16H25N3OS2/c1-16(9-6-11-21-16)13-19-15(17-2)18-10-12-22(20)14-7-4-3-5-8-14/h3-5,7-8H,6,9-13H2,1-2H3,(H2,17,18,19). The van der Waals surface area contributed by atoms with E-state index >= 15 is 0 Å². The van der Waals surface area contributed by atoms with Crippen LogP contribution in [0.25, 0.3) is 0 Å². The number of benzene rings is 1. The van der Waals surface area contributed by atoms with Gasteiger partial charge in [-0.25, -0.2) is 0 Å². The molecule has 1 fully saturated rings. The molecule has 0 spiro atoms. The fourth-order valence-electron chi connectivity index (χ4n) is 2.42. The molecule has 1 aliphatic heterocycles. The lowest BCUT2D eigenvalue weighted by molar-refractivity contribution is 0.585. The number of thioether (sulfide) groups is 1. The minimum Gasteiger partial charge on any atom is -0.355 e. The Kier molecular flexibility index (Phi) is 6.76. The highest BCUT2D eigenvalue weighted by molar-refractivity contribution is 8.00. The molecule has 2 N–H and O–H groups in total. The molecule has 0 aliphatic carbocycles. The third kappa shape index (κ3) is 5.32. The molecule has 0 bridgehead atoms. The molecular weight excluding hydrogens is 314 g/mol. The molecule has 6 heteroatoms. The van der Waals surface area contributed by atoms with Crippen LogP contribution in [0, 0.1) is 0 Å². The summed E-state index contributed by atoms with van der Waals surface area (Å²) < 4.78 is 12.5. The van der Waals surface area contributed by atoms with Gasteiger partial charge in [0.2, 0.25) is 0 Å². The van der Waals surface area contributed by atoms with Crippen LogP contribution in [0.5, 0.6) is 0 Å². The van der Waals surface area contributed by atoms with Crippen LogP contribution in [0.1, 0.15) is 19.8 Å². The summed E-state index contributed by atoms with van der Waals surface area (Å²) in [5, 5.41) is 6.63. The van der Waals surface area contributed by atoms with E-state index in [2.05, 4.69) is 22.5 Å². The first kappa shape index (κ1) is 17.3. The number of nitrogens with one attached hydrogen (secondary N) is 2. The molecule has 122 valence electrons. The van der Waals surface area contributed by atoms with E-state index in [0.29, 0.717) is 17.0 Å². The number of hydrogen-bond acceptors (Lipinski definition) is 3. The van der Waals surface area contributed by atoms with E-state index in [9.17, 15) is 4.21 Å². The molecule has 2 atom stereocenters. The molecule has 4 nitrogen and oxygen atoms in total. The number of nitrogens with zero attached hydrogens (tertiary/aromatic N) is 1. The Morgan fingerprint density at radius 3 is 2.77 bits per heavy atom. The minimum atomic E-state index is -0.965. The van der Waals surface area contributed by atoms with Crippen LogP contribution in [0.2, 0.25) is 0 Å². The van der Waals surface area contributed by atoms with Crippen LogP contribution in [-0.4, -0.2) is 46.6 Å². The van der Waals surface area contributed by atoms with Crippen molar-refractivity contribution in [3.63, 3.8) is 0 Å². The molecule has 2 rings (SSSR count). The fraction of sp³-hybridized carbons (Fsp3) is 0.562. The molecule has 0 radical (unpaired) electrons. The Balaban J connectivity index is 1.71. The zero-order chi connectivity index (χ0) is 15.8. The molecule has 2 unspecified atom stereocenters. The van der Waals surface area contributed by atoms with Gasteiger partial charge in [-0.3, -0.25) is 9.20 Å². The molecule has 0 saturated carbocycles. The van der Waals surface area contributed by atoms with Crippen molar-refractivity contribution in [2.24, 2.45) is 4.99 Å². The van der Waals surface area contributed by atoms with Crippen molar-refractivity contribution in [3.8, 4) is 0 Å². The highest BCUT2D eigenvalue weighted by atomic mass is 32.2. The summed E-state index contributed by atoms with van der Waals surface area (Å²) in [6, 6.07) is 9.58. The smallest absolute Gasteiger partial charge is 0.191 e. The second-order valence-electron chi connectivity index (χ2n) is 5.62.